The van der Waals surface area contributed by atoms with Crippen molar-refractivity contribution < 1.29 is 13.2 Å². The molecule has 86 valence electrons. The summed E-state index contributed by atoms with van der Waals surface area (Å²) in [4.78, 5) is 0. The van der Waals surface area contributed by atoms with Crippen molar-refractivity contribution in [3.63, 3.8) is 0 Å². The summed E-state index contributed by atoms with van der Waals surface area (Å²) in [6.45, 7) is 0. The van der Waals surface area contributed by atoms with Gasteiger partial charge in [0.25, 0.3) is 0 Å². The van der Waals surface area contributed by atoms with Crippen LogP contribution >= 0.6 is 27.3 Å². The fourth-order valence-electron chi connectivity index (χ4n) is 1.16. The summed E-state index contributed by atoms with van der Waals surface area (Å²) < 4.78 is 36.9. The van der Waals surface area contributed by atoms with Gasteiger partial charge in [-0.05, 0) is 39.4 Å². The molecule has 1 heterocycles. The third-order valence-electron chi connectivity index (χ3n) is 1.91. The van der Waals surface area contributed by atoms with Crippen LogP contribution in [0, 0.1) is 0 Å². The number of hydrogen-bond acceptors (Lipinski definition) is 3. The second kappa shape index (κ2) is 5.29. The summed E-state index contributed by atoms with van der Waals surface area (Å²) >= 11 is 4.67. The van der Waals surface area contributed by atoms with Crippen molar-refractivity contribution in [2.24, 2.45) is 5.84 Å². The molecule has 0 saturated heterocycles. The number of alkyl halides is 3. The van der Waals surface area contributed by atoms with Gasteiger partial charge >= 0.3 is 6.18 Å². The third kappa shape index (κ3) is 4.50. The number of nitrogens with two attached hydrogens (primary N) is 1. The van der Waals surface area contributed by atoms with E-state index >= 15 is 0 Å². The Morgan fingerprint density at radius 1 is 1.53 bits per heavy atom. The van der Waals surface area contributed by atoms with Crippen molar-refractivity contribution in [1.82, 2.24) is 5.43 Å². The minimum absolute atomic E-state index is 0.0524. The van der Waals surface area contributed by atoms with Crippen LogP contribution in [-0.2, 0) is 0 Å². The lowest BCUT2D eigenvalue weighted by molar-refractivity contribution is -0.136. The summed E-state index contributed by atoms with van der Waals surface area (Å²) in [5.41, 5.74) is 3.17. The maximum atomic E-state index is 12.0. The van der Waals surface area contributed by atoms with E-state index in [1.807, 2.05) is 0 Å². The van der Waals surface area contributed by atoms with Gasteiger partial charge in [-0.1, -0.05) is 0 Å². The third-order valence-corrected chi connectivity index (χ3v) is 3.43. The molecular formula is C8H10BrF3N2S. The van der Waals surface area contributed by atoms with Crippen molar-refractivity contribution in [3.8, 4) is 0 Å². The van der Waals surface area contributed by atoms with E-state index in [4.69, 9.17) is 5.84 Å². The molecule has 15 heavy (non-hydrogen) atoms. The van der Waals surface area contributed by atoms with E-state index in [-0.39, 0.29) is 6.42 Å². The van der Waals surface area contributed by atoms with E-state index in [2.05, 4.69) is 21.4 Å². The van der Waals surface area contributed by atoms with Crippen molar-refractivity contribution in [2.45, 2.75) is 25.1 Å². The average Bonchev–Trinajstić information content (AvgIpc) is 2.51. The largest absolute Gasteiger partial charge is 0.389 e. The van der Waals surface area contributed by atoms with Crippen LogP contribution in [0.25, 0.3) is 0 Å². The zero-order valence-electron chi connectivity index (χ0n) is 7.64. The highest BCUT2D eigenvalue weighted by Gasteiger charge is 2.28. The molecule has 0 aliphatic carbocycles. The van der Waals surface area contributed by atoms with Gasteiger partial charge in [-0.3, -0.25) is 11.3 Å². The Kier molecular flexibility index (Phi) is 4.57. The summed E-state index contributed by atoms with van der Waals surface area (Å²) in [5.74, 6) is 5.22. The van der Waals surface area contributed by atoms with Gasteiger partial charge in [0.2, 0.25) is 0 Å². The Bertz CT molecular complexity index is 313. The van der Waals surface area contributed by atoms with Crippen molar-refractivity contribution >= 4 is 27.3 Å². The van der Waals surface area contributed by atoms with E-state index in [0.717, 1.165) is 9.35 Å². The molecule has 1 unspecified atom stereocenters. The second-order valence-electron chi connectivity index (χ2n) is 3.06. The zero-order chi connectivity index (χ0) is 11.5. The van der Waals surface area contributed by atoms with Crippen LogP contribution in [0.15, 0.2) is 15.2 Å². The molecule has 7 heteroatoms. The highest BCUT2D eigenvalue weighted by atomic mass is 79.9. The maximum Gasteiger partial charge on any atom is 0.389 e. The normalized spacial score (nSPS) is 14.2. The fraction of sp³-hybridized carbons (Fsp3) is 0.500. The van der Waals surface area contributed by atoms with Gasteiger partial charge in [0, 0.05) is 12.5 Å². The van der Waals surface area contributed by atoms with Crippen molar-refractivity contribution in [2.75, 3.05) is 0 Å². The van der Waals surface area contributed by atoms with Gasteiger partial charge < -0.3 is 0 Å². The Morgan fingerprint density at radius 2 is 2.20 bits per heavy atom. The number of hydrazine groups is 1. The molecule has 1 rings (SSSR count). The Hall–Kier alpha value is -0.110. The molecule has 0 aliphatic heterocycles. The molecule has 0 bridgehead atoms. The van der Waals surface area contributed by atoms with E-state index in [9.17, 15) is 13.2 Å². The number of halogens is 4. The molecule has 0 saturated carbocycles. The molecule has 0 aromatic carbocycles. The minimum atomic E-state index is -4.14. The van der Waals surface area contributed by atoms with E-state index < -0.39 is 18.6 Å². The van der Waals surface area contributed by atoms with Gasteiger partial charge in [-0.25, -0.2) is 0 Å². The maximum absolute atomic E-state index is 12.0. The first-order valence-electron chi connectivity index (χ1n) is 4.19. The van der Waals surface area contributed by atoms with Crippen LogP contribution in [0.2, 0.25) is 0 Å². The van der Waals surface area contributed by atoms with Crippen molar-refractivity contribution in [1.29, 1.82) is 0 Å². The van der Waals surface area contributed by atoms with Crippen LogP contribution in [0.3, 0.4) is 0 Å². The molecular weight excluding hydrogens is 293 g/mol. The monoisotopic (exact) mass is 302 g/mol. The zero-order valence-corrected chi connectivity index (χ0v) is 10.0. The summed E-state index contributed by atoms with van der Waals surface area (Å²) in [7, 11) is 0. The van der Waals surface area contributed by atoms with Crippen molar-refractivity contribution in [3.05, 3.63) is 20.8 Å². The quantitative estimate of drug-likeness (QED) is 0.661. The summed E-state index contributed by atoms with van der Waals surface area (Å²) in [5, 5.41) is 1.78. The van der Waals surface area contributed by atoms with Gasteiger partial charge in [-0.15, -0.1) is 11.3 Å². The number of hydrogen-bond donors (Lipinski definition) is 2. The second-order valence-corrected chi connectivity index (χ2v) is 5.35. The Morgan fingerprint density at radius 3 is 2.60 bits per heavy atom. The fourth-order valence-corrected chi connectivity index (χ4v) is 2.39. The molecule has 1 atom stereocenters. The first kappa shape index (κ1) is 13.0. The van der Waals surface area contributed by atoms with E-state index in [1.54, 1.807) is 11.4 Å². The summed E-state index contributed by atoms with van der Waals surface area (Å²) in [6.07, 6.45) is -5.03. The Balaban J connectivity index is 2.57. The molecule has 2 nitrogen and oxygen atoms in total. The lowest BCUT2D eigenvalue weighted by atomic mass is 10.1. The van der Waals surface area contributed by atoms with Gasteiger partial charge in [0.1, 0.15) is 0 Å². The molecule has 1 aromatic heterocycles. The number of nitrogens with one attached hydrogen (secondary N) is 1. The van der Waals surface area contributed by atoms with Gasteiger partial charge in [0.15, 0.2) is 0 Å². The topological polar surface area (TPSA) is 38.0 Å². The summed E-state index contributed by atoms with van der Waals surface area (Å²) in [6, 6.07) is 1.32. The molecule has 0 fully saturated rings. The van der Waals surface area contributed by atoms with E-state index in [0.29, 0.717) is 0 Å². The first-order chi connectivity index (χ1) is 6.92. The van der Waals surface area contributed by atoms with Gasteiger partial charge in [-0.2, -0.15) is 13.2 Å². The minimum Gasteiger partial charge on any atom is -0.271 e. The van der Waals surface area contributed by atoms with Crippen LogP contribution in [0.4, 0.5) is 13.2 Å². The van der Waals surface area contributed by atoms with E-state index in [1.165, 1.54) is 11.3 Å². The predicted molar refractivity (Wildman–Crippen MR) is 57.4 cm³/mol. The smallest absolute Gasteiger partial charge is 0.271 e. The Labute approximate surface area is 97.8 Å². The standard InChI is InChI=1S/C8H10BrF3N2S/c9-7-3-5(4-15-7)6(14-13)1-2-8(10,11)12/h3-4,6,14H,1-2,13H2. The average molecular weight is 303 g/mol. The molecule has 0 aliphatic rings. The number of thiophene rings is 1. The number of rotatable bonds is 4. The molecule has 3 N–H and O–H groups in total. The van der Waals surface area contributed by atoms with Crippen LogP contribution in [0.5, 0.6) is 0 Å². The molecule has 0 amide bonds. The molecule has 0 spiro atoms. The molecule has 0 radical (unpaired) electrons. The SMILES string of the molecule is NNC(CCC(F)(F)F)c1csc(Br)c1. The van der Waals surface area contributed by atoms with Gasteiger partial charge in [0.05, 0.1) is 3.79 Å². The highest BCUT2D eigenvalue weighted by Crippen LogP contribution is 2.30. The lowest BCUT2D eigenvalue weighted by Gasteiger charge is -2.15. The van der Waals surface area contributed by atoms with Crippen LogP contribution in [-0.4, -0.2) is 6.18 Å². The lowest BCUT2D eigenvalue weighted by Crippen LogP contribution is -2.28. The van der Waals surface area contributed by atoms with Crippen LogP contribution in [0.1, 0.15) is 24.4 Å². The first-order valence-corrected chi connectivity index (χ1v) is 5.86. The molecule has 1 aromatic rings. The van der Waals surface area contributed by atoms with Crippen LogP contribution < -0.4 is 11.3 Å². The highest BCUT2D eigenvalue weighted by molar-refractivity contribution is 9.11. The predicted octanol–water partition coefficient (Wildman–Crippen LogP) is 3.36.